The van der Waals surface area contributed by atoms with Crippen LogP contribution in [0.4, 0.5) is 10.5 Å². The Balaban J connectivity index is 0.000000135. The van der Waals surface area contributed by atoms with Gasteiger partial charge in [-0.1, -0.05) is 78.9 Å². The number of amides is 1. The van der Waals surface area contributed by atoms with Gasteiger partial charge in [-0.3, -0.25) is 14.7 Å². The first-order valence-electron chi connectivity index (χ1n) is 29.5. The standard InChI is InChI=1S/C24H29NO3.C17H21NO3.C14H22N2O2.C13H14N2/c1-27-22-14-19-13-20(24(26)21(19)15-23(22)28-2)12-17-8-10-25(11-9-17)16-18-6-4-3-5-7-18;1-18-8-7-17-6-5-12(19)9-14(17)21-16-13(20-2)4-3-11(10-18)15(16)17;1-6-16(5)14(17)18-13-9-7-8-12(10-13)11(2)15(3)4;14-13-9-5-1-3-7-11(9)15-12-8-4-2-6-10(12)13/h3-7,14-15,17,20H,8-13,16H2,1-2H3;3-6,12,14,19H,7-10H2,1-2H3;7-11H,6H2,1-5H3;1,3,5,7H,2,4,6,8H2,(H2,14,15)/t;12-,14-,17?;11-;/m.00./s1. The highest BCUT2D eigenvalue weighted by atomic mass is 16.6. The Kier molecular flexibility index (Phi) is 19.6. The average Bonchev–Trinajstić information content (AvgIpc) is 2.51. The molecule has 12 rings (SSSR count). The molecule has 6 aliphatic rings. The number of hydrogen-bond donors (Lipinski definition) is 2. The number of aromatic nitrogens is 1. The summed E-state index contributed by atoms with van der Waals surface area (Å²) in [6, 6.07) is 34.8. The first-order valence-corrected chi connectivity index (χ1v) is 29.5. The lowest BCUT2D eigenvalue weighted by molar-refractivity contribution is 0.0821. The predicted octanol–water partition coefficient (Wildman–Crippen LogP) is 11.7. The molecule has 1 fully saturated rings. The second-order valence-electron chi connectivity index (χ2n) is 23.3. The second kappa shape index (κ2) is 27.0. The third-order valence-electron chi connectivity index (χ3n) is 17.8. The van der Waals surface area contributed by atoms with Crippen LogP contribution in [0, 0.1) is 11.8 Å². The number of likely N-dealkylation sites (tertiary alicyclic amines) is 1. The van der Waals surface area contributed by atoms with Gasteiger partial charge < -0.3 is 49.2 Å². The van der Waals surface area contributed by atoms with Gasteiger partial charge in [0.1, 0.15) is 11.9 Å². The van der Waals surface area contributed by atoms with Gasteiger partial charge in [-0.15, -0.1) is 0 Å². The Morgan fingerprint density at radius 3 is 2.32 bits per heavy atom. The average molecular weight is 1120 g/mol. The smallest absolute Gasteiger partial charge is 0.414 e. The van der Waals surface area contributed by atoms with Gasteiger partial charge in [-0.05, 0) is 183 Å². The fourth-order valence-corrected chi connectivity index (χ4v) is 12.6. The van der Waals surface area contributed by atoms with Crippen LogP contribution in [0.3, 0.4) is 0 Å². The largest absolute Gasteiger partial charge is 0.493 e. The number of aliphatic hydroxyl groups is 1. The number of ether oxygens (including phenoxy) is 5. The number of Topliss-reactive ketones (excluding diaryl/α,β-unsaturated/α-hetero) is 1. The summed E-state index contributed by atoms with van der Waals surface area (Å²) in [5.41, 5.74) is 17.6. The van der Waals surface area contributed by atoms with Crippen molar-refractivity contribution in [3.8, 4) is 28.7 Å². The molecule has 4 heterocycles. The minimum absolute atomic E-state index is 0.00838. The van der Waals surface area contributed by atoms with Gasteiger partial charge in [-0.2, -0.15) is 0 Å². The topological polar surface area (TPSA) is 152 Å². The summed E-state index contributed by atoms with van der Waals surface area (Å²) in [4.78, 5) is 37.8. The molecule has 1 spiro atoms. The van der Waals surface area contributed by atoms with E-state index in [0.717, 1.165) is 110 Å². The number of hydrogen-bond acceptors (Lipinski definition) is 13. The molecule has 1 aromatic heterocycles. The number of ketones is 1. The van der Waals surface area contributed by atoms with Gasteiger partial charge in [-0.25, -0.2) is 4.79 Å². The number of aryl methyl sites for hydroxylation is 1. The monoisotopic (exact) mass is 1110 g/mol. The van der Waals surface area contributed by atoms with E-state index in [1.807, 2.05) is 81.7 Å². The molecule has 3 N–H and O–H groups in total. The number of benzene rings is 5. The molecule has 0 saturated carbocycles. The molecule has 0 bridgehead atoms. The number of methoxy groups -OCH3 is 3. The van der Waals surface area contributed by atoms with Crippen molar-refractivity contribution in [3.63, 3.8) is 0 Å². The number of rotatable bonds is 11. The molecule has 5 atom stereocenters. The molecule has 3 aliphatic heterocycles. The number of nitrogens with two attached hydrogens (primary N) is 1. The Hall–Kier alpha value is -6.97. The summed E-state index contributed by atoms with van der Waals surface area (Å²) >= 11 is 0. The van der Waals surface area contributed by atoms with Crippen LogP contribution in [-0.4, -0.2) is 129 Å². The molecule has 436 valence electrons. The highest BCUT2D eigenvalue weighted by molar-refractivity contribution is 6.03. The van der Waals surface area contributed by atoms with Crippen molar-refractivity contribution < 1.29 is 38.4 Å². The van der Waals surface area contributed by atoms with E-state index in [1.54, 1.807) is 34.4 Å². The van der Waals surface area contributed by atoms with E-state index in [9.17, 15) is 14.7 Å². The van der Waals surface area contributed by atoms with Crippen molar-refractivity contribution >= 4 is 28.5 Å². The van der Waals surface area contributed by atoms with Gasteiger partial charge in [0, 0.05) is 73.0 Å². The number of nitrogen functional groups attached to an aromatic ring is 1. The van der Waals surface area contributed by atoms with Gasteiger partial charge in [0.15, 0.2) is 28.8 Å². The molecule has 5 aromatic carbocycles. The van der Waals surface area contributed by atoms with Crippen LogP contribution in [0.15, 0.2) is 115 Å². The lowest BCUT2D eigenvalue weighted by atomic mass is 9.69. The Morgan fingerprint density at radius 1 is 0.866 bits per heavy atom. The first kappa shape index (κ1) is 59.6. The van der Waals surface area contributed by atoms with Crippen molar-refractivity contribution in [1.29, 1.82) is 0 Å². The molecule has 1 amide bonds. The molecule has 82 heavy (non-hydrogen) atoms. The van der Waals surface area contributed by atoms with Crippen molar-refractivity contribution in [2.24, 2.45) is 11.8 Å². The zero-order valence-electron chi connectivity index (χ0n) is 49.8. The highest BCUT2D eigenvalue weighted by Crippen LogP contribution is 2.55. The van der Waals surface area contributed by atoms with E-state index in [0.29, 0.717) is 36.1 Å². The summed E-state index contributed by atoms with van der Waals surface area (Å²) in [6.07, 6.45) is 13.9. The quantitative estimate of drug-likeness (QED) is 0.119. The fourth-order valence-electron chi connectivity index (χ4n) is 12.6. The molecule has 1 saturated heterocycles. The maximum Gasteiger partial charge on any atom is 0.414 e. The number of carbonyl (C=O) groups excluding carboxylic acids is 2. The zero-order chi connectivity index (χ0) is 58.1. The molecule has 3 aliphatic carbocycles. The molecular weight excluding hydrogens is 1030 g/mol. The fraction of sp³-hybridized carbons (Fsp3) is 0.456. The molecular formula is C68H86N6O8. The Bertz CT molecular complexity index is 3200. The van der Waals surface area contributed by atoms with E-state index in [4.69, 9.17) is 34.4 Å². The summed E-state index contributed by atoms with van der Waals surface area (Å²) in [5.74, 6) is 4.66. The van der Waals surface area contributed by atoms with Crippen LogP contribution in [0.2, 0.25) is 0 Å². The van der Waals surface area contributed by atoms with Crippen molar-refractivity contribution in [3.05, 3.63) is 160 Å². The summed E-state index contributed by atoms with van der Waals surface area (Å²) in [6.45, 7) is 9.87. The summed E-state index contributed by atoms with van der Waals surface area (Å²) in [5, 5.41) is 11.1. The lowest BCUT2D eigenvalue weighted by Gasteiger charge is -2.35. The molecule has 14 heteroatoms. The molecule has 2 unspecified atom stereocenters. The number of para-hydroxylation sites is 1. The van der Waals surface area contributed by atoms with E-state index in [-0.39, 0.29) is 35.4 Å². The van der Waals surface area contributed by atoms with Crippen molar-refractivity contribution in [2.75, 3.05) is 81.4 Å². The van der Waals surface area contributed by atoms with Crippen molar-refractivity contribution in [2.45, 2.75) is 115 Å². The number of nitrogens with zero attached hydrogens (tertiary/aromatic N) is 5. The number of anilines is 1. The van der Waals surface area contributed by atoms with Crippen LogP contribution in [-0.2, 0) is 37.8 Å². The van der Waals surface area contributed by atoms with Crippen LogP contribution in [0.5, 0.6) is 28.7 Å². The van der Waals surface area contributed by atoms with Crippen molar-refractivity contribution in [1.82, 2.24) is 24.6 Å². The SMILES string of the molecule is CCN(C)C(=O)Oc1cccc([C@H](C)N(C)C)c1.COc1cc2c(cc1OC)C(=O)C(CC1CCN(Cc3ccccc3)CC1)C2.COc1ccc2c3c1O[C@H]1C[C@@H](O)C=CC31CCN(C)C2.Nc1c2c(nc3ccccc13)CCCC2. The van der Waals surface area contributed by atoms with Crippen LogP contribution in [0.25, 0.3) is 10.9 Å². The number of pyridine rings is 1. The third kappa shape index (κ3) is 13.4. The van der Waals surface area contributed by atoms with Crippen LogP contribution >= 0.6 is 0 Å². The third-order valence-corrected chi connectivity index (χ3v) is 17.8. The van der Waals surface area contributed by atoms with Crippen LogP contribution < -0.4 is 29.4 Å². The zero-order valence-corrected chi connectivity index (χ0v) is 49.8. The molecule has 0 radical (unpaired) electrons. The van der Waals surface area contributed by atoms with E-state index in [1.165, 1.54) is 58.5 Å². The number of carbonyl (C=O) groups is 2. The van der Waals surface area contributed by atoms with E-state index >= 15 is 0 Å². The maximum atomic E-state index is 12.9. The van der Waals surface area contributed by atoms with Gasteiger partial charge in [0.25, 0.3) is 0 Å². The van der Waals surface area contributed by atoms with Gasteiger partial charge in [0.05, 0.1) is 38.4 Å². The second-order valence-corrected chi connectivity index (χ2v) is 23.3. The summed E-state index contributed by atoms with van der Waals surface area (Å²) < 4.78 is 27.8. The Morgan fingerprint density at radius 2 is 1.59 bits per heavy atom. The Labute approximate surface area is 486 Å². The van der Waals surface area contributed by atoms with Crippen LogP contribution in [0.1, 0.15) is 114 Å². The minimum Gasteiger partial charge on any atom is -0.493 e. The number of fused-ring (bicyclic) bond motifs is 3. The number of aliphatic hydroxyl groups excluding tert-OH is 1. The normalized spacial score (nSPS) is 21.1. The molecule has 6 aromatic rings. The molecule has 14 nitrogen and oxygen atoms in total. The minimum atomic E-state index is -0.412. The van der Waals surface area contributed by atoms with Gasteiger partial charge in [0.2, 0.25) is 0 Å². The lowest BCUT2D eigenvalue weighted by Crippen LogP contribution is -2.42. The van der Waals surface area contributed by atoms with E-state index in [2.05, 4.69) is 77.2 Å². The maximum absolute atomic E-state index is 12.9. The summed E-state index contributed by atoms with van der Waals surface area (Å²) in [7, 11) is 12.9. The first-order chi connectivity index (χ1) is 39.6. The predicted molar refractivity (Wildman–Crippen MR) is 326 cm³/mol. The highest BCUT2D eigenvalue weighted by Gasteiger charge is 2.52. The van der Waals surface area contributed by atoms with Gasteiger partial charge >= 0.3 is 6.09 Å². The number of piperidine rings is 1. The van der Waals surface area contributed by atoms with E-state index < -0.39 is 6.10 Å².